The van der Waals surface area contributed by atoms with Crippen LogP contribution in [0.15, 0.2) is 79.1 Å². The van der Waals surface area contributed by atoms with E-state index >= 15 is 4.39 Å². The monoisotopic (exact) mass is 627 g/mol. The Bertz CT molecular complexity index is 1790. The Morgan fingerprint density at radius 1 is 0.911 bits per heavy atom. The fourth-order valence-corrected chi connectivity index (χ4v) is 5.85. The summed E-state index contributed by atoms with van der Waals surface area (Å²) >= 11 is 1.47. The Labute approximate surface area is 265 Å². The van der Waals surface area contributed by atoms with E-state index in [4.69, 9.17) is 14.2 Å². The SMILES string of the molecule is COc1ccccc1CC(=O)CC(=O)Cc1ccc(Oc2ccnc3cc(-c4ccc(OCCCN(C)C)nc4)sc23)c(F)c1. The fourth-order valence-electron chi connectivity index (χ4n) is 4.80. The van der Waals surface area contributed by atoms with Crippen molar-refractivity contribution in [3.8, 4) is 33.6 Å². The maximum Gasteiger partial charge on any atom is 0.213 e. The summed E-state index contributed by atoms with van der Waals surface area (Å²) in [6.07, 6.45) is 4.08. The molecule has 0 radical (unpaired) electrons. The van der Waals surface area contributed by atoms with Gasteiger partial charge in [-0.3, -0.25) is 14.6 Å². The lowest BCUT2D eigenvalue weighted by molar-refractivity contribution is -0.126. The van der Waals surface area contributed by atoms with Crippen molar-refractivity contribution in [2.45, 2.75) is 25.7 Å². The quantitative estimate of drug-likeness (QED) is 0.0911. The number of nitrogens with zero attached hydrogens (tertiary/aromatic N) is 3. The third-order valence-electron chi connectivity index (χ3n) is 6.99. The molecule has 0 atom stereocenters. The molecule has 45 heavy (non-hydrogen) atoms. The first-order valence-corrected chi connectivity index (χ1v) is 15.3. The highest BCUT2D eigenvalue weighted by atomic mass is 32.1. The number of hydrogen-bond acceptors (Lipinski definition) is 9. The van der Waals surface area contributed by atoms with Crippen LogP contribution < -0.4 is 14.2 Å². The molecule has 0 aliphatic rings. The zero-order valence-corrected chi connectivity index (χ0v) is 26.2. The van der Waals surface area contributed by atoms with E-state index in [1.165, 1.54) is 30.6 Å². The zero-order valence-electron chi connectivity index (χ0n) is 25.4. The molecule has 0 aliphatic heterocycles. The number of aromatic nitrogens is 2. The van der Waals surface area contributed by atoms with Crippen LogP contribution in [0.4, 0.5) is 4.39 Å². The van der Waals surface area contributed by atoms with Crippen molar-refractivity contribution < 1.29 is 28.2 Å². The maximum absolute atomic E-state index is 15.1. The van der Waals surface area contributed by atoms with E-state index < -0.39 is 5.82 Å². The molecule has 10 heteroatoms. The lowest BCUT2D eigenvalue weighted by Crippen LogP contribution is -2.15. The summed E-state index contributed by atoms with van der Waals surface area (Å²) in [5, 5.41) is 0. The molecule has 3 aromatic heterocycles. The van der Waals surface area contributed by atoms with Crippen LogP contribution in [0.1, 0.15) is 24.0 Å². The number of methoxy groups -OCH3 is 1. The molecule has 8 nitrogen and oxygen atoms in total. The minimum atomic E-state index is -0.604. The molecule has 0 spiro atoms. The molecule has 3 heterocycles. The molecule has 0 bridgehead atoms. The van der Waals surface area contributed by atoms with Gasteiger partial charge in [0.05, 0.1) is 30.4 Å². The first-order chi connectivity index (χ1) is 21.8. The third-order valence-corrected chi connectivity index (χ3v) is 8.18. The van der Waals surface area contributed by atoms with Gasteiger partial charge in [0.25, 0.3) is 0 Å². The standard InChI is InChI=1S/C35H34FN3O5S/c1-39(2)15-6-16-43-34-12-10-25(22-38-34)33-21-29-35(45-33)32(13-14-37-29)44-31-11-9-23(18-28(31)36)17-26(40)20-27(41)19-24-7-4-5-8-30(24)42-3/h4-5,7-14,18,21-22H,6,15-17,19-20H2,1-3H3. The van der Waals surface area contributed by atoms with Gasteiger partial charge in [0.15, 0.2) is 11.6 Å². The Hall–Kier alpha value is -4.67. The molecule has 0 saturated heterocycles. The van der Waals surface area contributed by atoms with Gasteiger partial charge in [0, 0.05) is 59.9 Å². The number of Topliss-reactive ketones (excluding diaryl/α,β-unsaturated/α-hetero) is 2. The minimum Gasteiger partial charge on any atom is -0.496 e. The van der Waals surface area contributed by atoms with Crippen molar-refractivity contribution >= 4 is 33.1 Å². The van der Waals surface area contributed by atoms with E-state index in [1.807, 2.05) is 44.4 Å². The molecule has 5 rings (SSSR count). The molecule has 0 saturated carbocycles. The second-order valence-corrected chi connectivity index (χ2v) is 11.9. The molecule has 0 aliphatic carbocycles. The molecule has 2 aromatic carbocycles. The number of halogens is 1. The van der Waals surface area contributed by atoms with Gasteiger partial charge in [-0.05, 0) is 56.4 Å². The maximum atomic E-state index is 15.1. The molecular weight excluding hydrogens is 593 g/mol. The van der Waals surface area contributed by atoms with Gasteiger partial charge in [0.1, 0.15) is 23.1 Å². The van der Waals surface area contributed by atoms with E-state index in [0.29, 0.717) is 29.5 Å². The lowest BCUT2D eigenvalue weighted by Gasteiger charge is -2.10. The number of carbonyl (C=O) groups excluding carboxylic acids is 2. The first kappa shape index (κ1) is 31.7. The lowest BCUT2D eigenvalue weighted by atomic mass is 10.0. The first-order valence-electron chi connectivity index (χ1n) is 14.5. The van der Waals surface area contributed by atoms with Gasteiger partial charge in [0.2, 0.25) is 5.88 Å². The smallest absolute Gasteiger partial charge is 0.213 e. The number of carbonyl (C=O) groups is 2. The number of ketones is 2. The van der Waals surface area contributed by atoms with Crippen molar-refractivity contribution in [2.75, 3.05) is 34.4 Å². The van der Waals surface area contributed by atoms with Gasteiger partial charge in [-0.15, -0.1) is 11.3 Å². The average molecular weight is 628 g/mol. The Morgan fingerprint density at radius 3 is 2.49 bits per heavy atom. The van der Waals surface area contributed by atoms with E-state index in [-0.39, 0.29) is 36.6 Å². The zero-order chi connectivity index (χ0) is 31.8. The van der Waals surface area contributed by atoms with Crippen LogP contribution in [-0.4, -0.2) is 60.8 Å². The molecule has 5 aromatic rings. The highest BCUT2D eigenvalue weighted by molar-refractivity contribution is 7.22. The van der Waals surface area contributed by atoms with Gasteiger partial charge in [-0.25, -0.2) is 9.37 Å². The summed E-state index contributed by atoms with van der Waals surface area (Å²) in [7, 11) is 5.59. The number of thiophene rings is 1. The van der Waals surface area contributed by atoms with Crippen molar-refractivity contribution in [1.82, 2.24) is 14.9 Å². The Kier molecular flexibility index (Phi) is 10.5. The molecule has 0 unspecified atom stereocenters. The predicted molar refractivity (Wildman–Crippen MR) is 173 cm³/mol. The van der Waals surface area contributed by atoms with Crippen molar-refractivity contribution in [2.24, 2.45) is 0 Å². The molecule has 0 fully saturated rings. The summed E-state index contributed by atoms with van der Waals surface area (Å²) in [6.45, 7) is 1.54. The number of hydrogen-bond donors (Lipinski definition) is 0. The number of para-hydroxylation sites is 1. The van der Waals surface area contributed by atoms with Crippen molar-refractivity contribution in [3.63, 3.8) is 0 Å². The van der Waals surface area contributed by atoms with Crippen molar-refractivity contribution in [3.05, 3.63) is 96.1 Å². The van der Waals surface area contributed by atoms with Gasteiger partial charge in [-0.2, -0.15) is 0 Å². The van der Waals surface area contributed by atoms with Crippen LogP contribution in [-0.2, 0) is 22.4 Å². The van der Waals surface area contributed by atoms with Crippen LogP contribution in [0.25, 0.3) is 20.7 Å². The number of fused-ring (bicyclic) bond motifs is 1. The van der Waals surface area contributed by atoms with Gasteiger partial charge < -0.3 is 19.1 Å². The van der Waals surface area contributed by atoms with Crippen LogP contribution in [0.3, 0.4) is 0 Å². The average Bonchev–Trinajstić information content (AvgIpc) is 3.46. The number of pyridine rings is 2. The highest BCUT2D eigenvalue weighted by Crippen LogP contribution is 2.39. The fraction of sp³-hybridized carbons (Fsp3) is 0.257. The number of benzene rings is 2. The van der Waals surface area contributed by atoms with Crippen LogP contribution in [0.5, 0.6) is 23.1 Å². The van der Waals surface area contributed by atoms with Gasteiger partial charge in [-0.1, -0.05) is 24.3 Å². The van der Waals surface area contributed by atoms with Gasteiger partial charge >= 0.3 is 0 Å². The summed E-state index contributed by atoms with van der Waals surface area (Å²) < 4.78 is 32.9. The second kappa shape index (κ2) is 14.9. The summed E-state index contributed by atoms with van der Waals surface area (Å²) in [5.41, 5.74) is 2.81. The van der Waals surface area contributed by atoms with E-state index in [1.54, 1.807) is 36.7 Å². The topological polar surface area (TPSA) is 90.9 Å². The summed E-state index contributed by atoms with van der Waals surface area (Å²) in [4.78, 5) is 37.0. The molecule has 0 N–H and O–H groups in total. The van der Waals surface area contributed by atoms with E-state index in [9.17, 15) is 9.59 Å². The normalized spacial score (nSPS) is 11.1. The molecular formula is C35H34FN3O5S. The molecule has 232 valence electrons. The number of rotatable bonds is 15. The Balaban J connectivity index is 1.21. The Morgan fingerprint density at radius 2 is 1.73 bits per heavy atom. The van der Waals surface area contributed by atoms with E-state index in [2.05, 4.69) is 14.9 Å². The molecule has 0 amide bonds. The number of ether oxygens (including phenoxy) is 3. The predicted octanol–water partition coefficient (Wildman–Crippen LogP) is 6.94. The summed E-state index contributed by atoms with van der Waals surface area (Å²) in [5.74, 6) is 0.548. The van der Waals surface area contributed by atoms with Crippen molar-refractivity contribution in [1.29, 1.82) is 0 Å². The van der Waals surface area contributed by atoms with Crippen LogP contribution in [0.2, 0.25) is 0 Å². The highest BCUT2D eigenvalue weighted by Gasteiger charge is 2.16. The minimum absolute atomic E-state index is 0.0262. The largest absolute Gasteiger partial charge is 0.496 e. The van der Waals surface area contributed by atoms with Crippen LogP contribution >= 0.6 is 11.3 Å². The van der Waals surface area contributed by atoms with Crippen LogP contribution in [0, 0.1) is 5.82 Å². The summed E-state index contributed by atoms with van der Waals surface area (Å²) in [6, 6.07) is 19.0. The van der Waals surface area contributed by atoms with E-state index in [0.717, 1.165) is 39.2 Å². The second-order valence-electron chi connectivity index (χ2n) is 10.8. The third kappa shape index (κ3) is 8.49.